The fourth-order valence-corrected chi connectivity index (χ4v) is 2.33. The largest absolute Gasteiger partial charge is 0.392 e. The van der Waals surface area contributed by atoms with Gasteiger partial charge in [0.25, 0.3) is 0 Å². The normalized spacial score (nSPS) is 14.3. The van der Waals surface area contributed by atoms with Crippen LogP contribution in [0.4, 0.5) is 0 Å². The second-order valence-corrected chi connectivity index (χ2v) is 4.14. The van der Waals surface area contributed by atoms with Crippen molar-refractivity contribution >= 4 is 16.5 Å². The van der Waals surface area contributed by atoms with Crippen LogP contribution in [0.5, 0.6) is 0 Å². The molecule has 2 aromatic rings. The number of aliphatic imine (C=N–C) groups is 1. The van der Waals surface area contributed by atoms with E-state index >= 15 is 0 Å². The molecule has 2 heteroatoms. The van der Waals surface area contributed by atoms with Crippen LogP contribution < -0.4 is 0 Å². The molecule has 1 aliphatic heterocycles. The maximum atomic E-state index is 9.45. The second kappa shape index (κ2) is 4.15. The summed E-state index contributed by atoms with van der Waals surface area (Å²) in [6.07, 6.45) is 4.77. The van der Waals surface area contributed by atoms with Crippen LogP contribution >= 0.6 is 0 Å². The average molecular weight is 223 g/mol. The molecule has 0 unspecified atom stereocenters. The van der Waals surface area contributed by atoms with E-state index in [1.54, 1.807) is 0 Å². The lowest BCUT2D eigenvalue weighted by molar-refractivity contribution is 0.283. The molecule has 0 atom stereocenters. The first-order valence-electron chi connectivity index (χ1n) is 5.73. The highest BCUT2D eigenvalue weighted by Gasteiger charge is 2.11. The van der Waals surface area contributed by atoms with Crippen molar-refractivity contribution in [1.82, 2.24) is 0 Å². The smallest absolute Gasteiger partial charge is 0.0688 e. The molecule has 0 amide bonds. The third-order valence-corrected chi connectivity index (χ3v) is 3.12. The summed E-state index contributed by atoms with van der Waals surface area (Å²) < 4.78 is 0. The summed E-state index contributed by atoms with van der Waals surface area (Å²) in [5, 5.41) is 11.7. The zero-order valence-electron chi connectivity index (χ0n) is 9.43. The monoisotopic (exact) mass is 223 g/mol. The summed E-state index contributed by atoms with van der Waals surface area (Å²) in [7, 11) is 0. The highest BCUT2D eigenvalue weighted by Crippen LogP contribution is 2.25. The van der Waals surface area contributed by atoms with E-state index < -0.39 is 0 Å². The average Bonchev–Trinajstić information content (AvgIpc) is 2.91. The van der Waals surface area contributed by atoms with E-state index in [2.05, 4.69) is 29.3 Å². The van der Waals surface area contributed by atoms with Crippen LogP contribution in [0.25, 0.3) is 10.8 Å². The minimum atomic E-state index is 0.0645. The number of hydrogen-bond acceptors (Lipinski definition) is 2. The maximum absolute atomic E-state index is 9.45. The first-order valence-corrected chi connectivity index (χ1v) is 5.73. The number of aliphatic hydroxyl groups is 1. The van der Waals surface area contributed by atoms with Crippen LogP contribution in [0.15, 0.2) is 53.7 Å². The minimum absolute atomic E-state index is 0.0645. The van der Waals surface area contributed by atoms with Crippen molar-refractivity contribution in [2.45, 2.75) is 13.0 Å². The summed E-state index contributed by atoms with van der Waals surface area (Å²) in [4.78, 5) is 4.39. The van der Waals surface area contributed by atoms with E-state index in [1.807, 2.05) is 24.4 Å². The Morgan fingerprint density at radius 1 is 1.12 bits per heavy atom. The lowest BCUT2D eigenvalue weighted by atomic mass is 9.96. The molecule has 0 fully saturated rings. The minimum Gasteiger partial charge on any atom is -0.392 e. The molecule has 84 valence electrons. The SMILES string of the molecule is OCc1cccc2cccc(C3=NC=CC3)c12. The summed E-state index contributed by atoms with van der Waals surface area (Å²) in [5.41, 5.74) is 3.18. The third-order valence-electron chi connectivity index (χ3n) is 3.12. The summed E-state index contributed by atoms with van der Waals surface area (Å²) in [6, 6.07) is 12.2. The van der Waals surface area contributed by atoms with Gasteiger partial charge in [-0.3, -0.25) is 4.99 Å². The lowest BCUT2D eigenvalue weighted by Crippen LogP contribution is -2.00. The Morgan fingerprint density at radius 3 is 2.65 bits per heavy atom. The molecule has 0 saturated carbocycles. The number of allylic oxidation sites excluding steroid dienone is 1. The van der Waals surface area contributed by atoms with Crippen LogP contribution in [0.1, 0.15) is 17.5 Å². The number of fused-ring (bicyclic) bond motifs is 1. The zero-order chi connectivity index (χ0) is 11.7. The lowest BCUT2D eigenvalue weighted by Gasteiger charge is -2.10. The van der Waals surface area contributed by atoms with Gasteiger partial charge >= 0.3 is 0 Å². The molecular weight excluding hydrogens is 210 g/mol. The Balaban J connectivity index is 2.30. The van der Waals surface area contributed by atoms with Crippen molar-refractivity contribution in [3.63, 3.8) is 0 Å². The Kier molecular flexibility index (Phi) is 2.50. The summed E-state index contributed by atoms with van der Waals surface area (Å²) >= 11 is 0. The summed E-state index contributed by atoms with van der Waals surface area (Å²) in [6.45, 7) is 0.0645. The standard InChI is InChI=1S/C15H13NO/c17-10-12-6-1-4-11-5-2-7-13(15(11)12)14-8-3-9-16-14/h1-7,9,17H,8,10H2. The topological polar surface area (TPSA) is 32.6 Å². The molecular formula is C15H13NO. The summed E-state index contributed by atoms with van der Waals surface area (Å²) in [5.74, 6) is 0. The first-order chi connectivity index (χ1) is 8.40. The molecule has 17 heavy (non-hydrogen) atoms. The van der Waals surface area contributed by atoms with Gasteiger partial charge in [0.05, 0.1) is 12.3 Å². The molecule has 0 radical (unpaired) electrons. The molecule has 0 saturated heterocycles. The van der Waals surface area contributed by atoms with E-state index in [-0.39, 0.29) is 6.61 Å². The van der Waals surface area contributed by atoms with Gasteiger partial charge in [-0.15, -0.1) is 0 Å². The molecule has 0 bridgehead atoms. The van der Waals surface area contributed by atoms with Crippen LogP contribution in [0, 0.1) is 0 Å². The van der Waals surface area contributed by atoms with E-state index in [4.69, 9.17) is 0 Å². The third kappa shape index (κ3) is 1.67. The molecule has 1 aliphatic rings. The molecule has 2 aromatic carbocycles. The van der Waals surface area contributed by atoms with Crippen molar-refractivity contribution in [3.05, 3.63) is 59.8 Å². The molecule has 2 nitrogen and oxygen atoms in total. The molecule has 0 spiro atoms. The van der Waals surface area contributed by atoms with Crippen molar-refractivity contribution in [1.29, 1.82) is 0 Å². The van der Waals surface area contributed by atoms with Gasteiger partial charge in [-0.1, -0.05) is 42.5 Å². The molecule has 1 N–H and O–H groups in total. The predicted molar refractivity (Wildman–Crippen MR) is 70.2 cm³/mol. The highest BCUT2D eigenvalue weighted by atomic mass is 16.3. The Labute approximate surface area is 99.9 Å². The van der Waals surface area contributed by atoms with Crippen molar-refractivity contribution in [2.75, 3.05) is 0 Å². The number of hydrogen-bond donors (Lipinski definition) is 1. The quantitative estimate of drug-likeness (QED) is 0.833. The van der Waals surface area contributed by atoms with Gasteiger partial charge in [0, 0.05) is 18.2 Å². The Morgan fingerprint density at radius 2 is 1.94 bits per heavy atom. The van der Waals surface area contributed by atoms with Gasteiger partial charge in [-0.25, -0.2) is 0 Å². The molecule has 0 aromatic heterocycles. The van der Waals surface area contributed by atoms with Crippen LogP contribution in [0.3, 0.4) is 0 Å². The Hall–Kier alpha value is -1.93. The number of benzene rings is 2. The molecule has 3 rings (SSSR count). The van der Waals surface area contributed by atoms with Gasteiger partial charge in [0.2, 0.25) is 0 Å². The molecule has 1 heterocycles. The second-order valence-electron chi connectivity index (χ2n) is 4.14. The van der Waals surface area contributed by atoms with E-state index in [9.17, 15) is 5.11 Å². The van der Waals surface area contributed by atoms with Gasteiger partial charge in [0.15, 0.2) is 0 Å². The van der Waals surface area contributed by atoms with Crippen molar-refractivity contribution < 1.29 is 5.11 Å². The maximum Gasteiger partial charge on any atom is 0.0688 e. The number of rotatable bonds is 2. The van der Waals surface area contributed by atoms with E-state index in [1.165, 1.54) is 0 Å². The van der Waals surface area contributed by atoms with Crippen molar-refractivity contribution in [3.8, 4) is 0 Å². The van der Waals surface area contributed by atoms with Crippen LogP contribution in [0.2, 0.25) is 0 Å². The first kappa shape index (κ1) is 10.2. The highest BCUT2D eigenvalue weighted by molar-refractivity contribution is 6.13. The molecule has 0 aliphatic carbocycles. The van der Waals surface area contributed by atoms with Crippen LogP contribution in [-0.4, -0.2) is 10.8 Å². The van der Waals surface area contributed by atoms with Crippen LogP contribution in [-0.2, 0) is 6.61 Å². The number of nitrogens with zero attached hydrogens (tertiary/aromatic N) is 1. The number of aliphatic hydroxyl groups excluding tert-OH is 1. The fraction of sp³-hybridized carbons (Fsp3) is 0.133. The van der Waals surface area contributed by atoms with Gasteiger partial charge in [-0.2, -0.15) is 0 Å². The predicted octanol–water partition coefficient (Wildman–Crippen LogP) is 3.04. The zero-order valence-corrected chi connectivity index (χ0v) is 9.43. The van der Waals surface area contributed by atoms with E-state index in [0.29, 0.717) is 0 Å². The fourth-order valence-electron chi connectivity index (χ4n) is 2.33. The van der Waals surface area contributed by atoms with E-state index in [0.717, 1.165) is 34.0 Å². The van der Waals surface area contributed by atoms with Gasteiger partial charge in [-0.05, 0) is 16.3 Å². The van der Waals surface area contributed by atoms with Gasteiger partial charge in [0.1, 0.15) is 0 Å². The van der Waals surface area contributed by atoms with Gasteiger partial charge < -0.3 is 5.11 Å². The Bertz CT molecular complexity index is 621. The van der Waals surface area contributed by atoms with Crippen molar-refractivity contribution in [2.24, 2.45) is 4.99 Å².